The minimum atomic E-state index is 0.912. The van der Waals surface area contributed by atoms with Gasteiger partial charge < -0.3 is 5.32 Å². The lowest BCUT2D eigenvalue weighted by atomic mass is 10.3. The van der Waals surface area contributed by atoms with E-state index in [9.17, 15) is 0 Å². The molecule has 0 amide bonds. The van der Waals surface area contributed by atoms with Gasteiger partial charge in [0.1, 0.15) is 10.0 Å². The second kappa shape index (κ2) is 5.47. The molecule has 0 spiro atoms. The zero-order valence-electron chi connectivity index (χ0n) is 8.77. The molecule has 0 saturated heterocycles. The van der Waals surface area contributed by atoms with E-state index in [0.29, 0.717) is 0 Å². The number of nitrogens with zero attached hydrogens (tertiary/aromatic N) is 3. The summed E-state index contributed by atoms with van der Waals surface area (Å²) in [6.07, 6.45) is 4.47. The fourth-order valence-corrected chi connectivity index (χ4v) is 2.42. The molecular weight excluding hydrogens is 288 g/mol. The lowest BCUT2D eigenvalue weighted by Gasteiger charge is -1.94. The van der Waals surface area contributed by atoms with Crippen LogP contribution in [0.1, 0.15) is 5.01 Å². The first-order valence-corrected chi connectivity index (χ1v) is 6.48. The van der Waals surface area contributed by atoms with Gasteiger partial charge in [0.2, 0.25) is 0 Å². The second-order valence-electron chi connectivity index (χ2n) is 3.25. The molecule has 0 bridgehead atoms. The van der Waals surface area contributed by atoms with Crippen molar-refractivity contribution in [1.82, 2.24) is 20.5 Å². The Labute approximate surface area is 106 Å². The van der Waals surface area contributed by atoms with Crippen molar-refractivity contribution in [2.45, 2.75) is 6.42 Å². The summed E-state index contributed by atoms with van der Waals surface area (Å²) in [6.45, 7) is 0.922. The van der Waals surface area contributed by atoms with Gasteiger partial charge in [0, 0.05) is 35.4 Å². The van der Waals surface area contributed by atoms with Crippen LogP contribution in [0.4, 0.5) is 0 Å². The van der Waals surface area contributed by atoms with Crippen molar-refractivity contribution in [3.05, 3.63) is 27.9 Å². The number of hydrogen-bond donors (Lipinski definition) is 1. The molecule has 4 nitrogen and oxygen atoms in total. The Morgan fingerprint density at radius 3 is 3.00 bits per heavy atom. The normalized spacial score (nSPS) is 10.6. The Bertz CT molecular complexity index is 471. The summed E-state index contributed by atoms with van der Waals surface area (Å²) in [5.41, 5.74) is 1.00. The van der Waals surface area contributed by atoms with E-state index in [2.05, 4.69) is 36.4 Å². The molecule has 0 radical (unpaired) electrons. The third-order valence-electron chi connectivity index (χ3n) is 2.01. The van der Waals surface area contributed by atoms with Gasteiger partial charge in [-0.05, 0) is 29.0 Å². The molecule has 0 aliphatic heterocycles. The predicted octanol–water partition coefficient (Wildman–Crippen LogP) is 2.12. The first-order chi connectivity index (χ1) is 7.79. The van der Waals surface area contributed by atoms with Gasteiger partial charge in [-0.1, -0.05) is 11.3 Å². The summed E-state index contributed by atoms with van der Waals surface area (Å²) in [4.78, 5) is 4.11. The fraction of sp³-hybridized carbons (Fsp3) is 0.300. The number of aromatic nitrogens is 3. The molecule has 16 heavy (non-hydrogen) atoms. The molecule has 1 N–H and O–H groups in total. The van der Waals surface area contributed by atoms with Gasteiger partial charge >= 0.3 is 0 Å². The largest absolute Gasteiger partial charge is 0.319 e. The maximum atomic E-state index is 4.16. The zero-order valence-corrected chi connectivity index (χ0v) is 11.2. The predicted molar refractivity (Wildman–Crippen MR) is 68.5 cm³/mol. The molecule has 0 atom stereocenters. The van der Waals surface area contributed by atoms with E-state index < -0.39 is 0 Å². The van der Waals surface area contributed by atoms with Crippen molar-refractivity contribution in [3.8, 4) is 10.6 Å². The highest BCUT2D eigenvalue weighted by Crippen LogP contribution is 2.24. The SMILES string of the molecule is CNCCc1nnc(-c2cncc(Br)c2)s1. The van der Waals surface area contributed by atoms with Crippen molar-refractivity contribution in [2.24, 2.45) is 0 Å². The summed E-state index contributed by atoms with van der Waals surface area (Å²) >= 11 is 5.00. The summed E-state index contributed by atoms with van der Waals surface area (Å²) in [6, 6.07) is 2.00. The monoisotopic (exact) mass is 298 g/mol. The minimum absolute atomic E-state index is 0.912. The Morgan fingerprint density at radius 2 is 2.25 bits per heavy atom. The second-order valence-corrected chi connectivity index (χ2v) is 5.22. The topological polar surface area (TPSA) is 50.7 Å². The highest BCUT2D eigenvalue weighted by molar-refractivity contribution is 9.10. The van der Waals surface area contributed by atoms with E-state index in [0.717, 1.165) is 33.0 Å². The number of likely N-dealkylation sites (N-methyl/N-ethyl adjacent to an activating group) is 1. The average Bonchev–Trinajstić information content (AvgIpc) is 2.75. The quantitative estimate of drug-likeness (QED) is 0.939. The number of pyridine rings is 1. The summed E-state index contributed by atoms with van der Waals surface area (Å²) in [5.74, 6) is 0. The molecule has 0 aromatic carbocycles. The van der Waals surface area contributed by atoms with Crippen LogP contribution in [0.15, 0.2) is 22.9 Å². The van der Waals surface area contributed by atoms with E-state index in [1.165, 1.54) is 0 Å². The van der Waals surface area contributed by atoms with E-state index in [4.69, 9.17) is 0 Å². The Hall–Kier alpha value is -0.850. The number of halogens is 1. The molecule has 0 aliphatic carbocycles. The van der Waals surface area contributed by atoms with E-state index in [-0.39, 0.29) is 0 Å². The van der Waals surface area contributed by atoms with Crippen molar-refractivity contribution in [1.29, 1.82) is 0 Å². The molecule has 0 fully saturated rings. The van der Waals surface area contributed by atoms with Crippen LogP contribution in [0.25, 0.3) is 10.6 Å². The molecule has 0 aliphatic rings. The molecule has 0 unspecified atom stereocenters. The van der Waals surface area contributed by atoms with Gasteiger partial charge in [-0.15, -0.1) is 10.2 Å². The number of rotatable bonds is 4. The summed E-state index contributed by atoms with van der Waals surface area (Å²) in [5, 5.41) is 13.4. The maximum Gasteiger partial charge on any atom is 0.149 e. The van der Waals surface area contributed by atoms with Crippen LogP contribution in [-0.4, -0.2) is 28.8 Å². The molecule has 2 aromatic rings. The summed E-state index contributed by atoms with van der Waals surface area (Å²) < 4.78 is 0.956. The van der Waals surface area contributed by atoms with Gasteiger partial charge in [0.15, 0.2) is 0 Å². The molecule has 2 heterocycles. The molecular formula is C10H11BrN4S. The van der Waals surface area contributed by atoms with Crippen molar-refractivity contribution in [2.75, 3.05) is 13.6 Å². The van der Waals surface area contributed by atoms with Crippen LogP contribution in [0, 0.1) is 0 Å². The molecule has 0 saturated carbocycles. The Balaban J connectivity index is 2.18. The standard InChI is InChI=1S/C10H11BrN4S/c1-12-3-2-9-14-15-10(16-9)7-4-8(11)6-13-5-7/h4-6,12H,2-3H2,1H3. The van der Waals surface area contributed by atoms with E-state index >= 15 is 0 Å². The third kappa shape index (κ3) is 2.84. The lowest BCUT2D eigenvalue weighted by Crippen LogP contribution is -2.09. The Morgan fingerprint density at radius 1 is 1.38 bits per heavy atom. The number of hydrogen-bond acceptors (Lipinski definition) is 5. The van der Waals surface area contributed by atoms with Crippen LogP contribution >= 0.6 is 27.3 Å². The highest BCUT2D eigenvalue weighted by Gasteiger charge is 2.06. The first-order valence-electron chi connectivity index (χ1n) is 4.87. The van der Waals surface area contributed by atoms with Crippen LogP contribution in [-0.2, 0) is 6.42 Å². The van der Waals surface area contributed by atoms with E-state index in [1.54, 1.807) is 23.7 Å². The summed E-state index contributed by atoms with van der Waals surface area (Å²) in [7, 11) is 1.93. The average molecular weight is 299 g/mol. The van der Waals surface area contributed by atoms with Crippen LogP contribution < -0.4 is 5.32 Å². The Kier molecular flexibility index (Phi) is 3.98. The van der Waals surface area contributed by atoms with Gasteiger partial charge in [0.05, 0.1) is 0 Å². The third-order valence-corrected chi connectivity index (χ3v) is 3.47. The highest BCUT2D eigenvalue weighted by atomic mass is 79.9. The van der Waals surface area contributed by atoms with Gasteiger partial charge in [-0.2, -0.15) is 0 Å². The first kappa shape index (κ1) is 11.6. The van der Waals surface area contributed by atoms with Crippen molar-refractivity contribution in [3.63, 3.8) is 0 Å². The van der Waals surface area contributed by atoms with Crippen LogP contribution in [0.3, 0.4) is 0 Å². The maximum absolute atomic E-state index is 4.16. The van der Waals surface area contributed by atoms with Crippen LogP contribution in [0.5, 0.6) is 0 Å². The molecule has 84 valence electrons. The van der Waals surface area contributed by atoms with E-state index in [1.807, 2.05) is 13.1 Å². The molecule has 6 heteroatoms. The number of nitrogens with one attached hydrogen (secondary N) is 1. The lowest BCUT2D eigenvalue weighted by molar-refractivity contribution is 0.779. The van der Waals surface area contributed by atoms with Crippen molar-refractivity contribution < 1.29 is 0 Å². The molecule has 2 rings (SSSR count). The van der Waals surface area contributed by atoms with Gasteiger partial charge in [-0.3, -0.25) is 4.98 Å². The smallest absolute Gasteiger partial charge is 0.149 e. The fourth-order valence-electron chi connectivity index (χ4n) is 1.23. The minimum Gasteiger partial charge on any atom is -0.319 e. The molecule has 2 aromatic heterocycles. The van der Waals surface area contributed by atoms with Gasteiger partial charge in [-0.25, -0.2) is 0 Å². The van der Waals surface area contributed by atoms with Gasteiger partial charge in [0.25, 0.3) is 0 Å². The zero-order chi connectivity index (χ0) is 11.4. The van der Waals surface area contributed by atoms with Crippen LogP contribution in [0.2, 0.25) is 0 Å². The van der Waals surface area contributed by atoms with Crippen molar-refractivity contribution >= 4 is 27.3 Å².